The first-order chi connectivity index (χ1) is 8.67. The minimum absolute atomic E-state index is 0.0169. The summed E-state index contributed by atoms with van der Waals surface area (Å²) >= 11 is 0. The van der Waals surface area contributed by atoms with Crippen LogP contribution in [0.3, 0.4) is 0 Å². The summed E-state index contributed by atoms with van der Waals surface area (Å²) in [5.74, 6) is 0. The Bertz CT molecular complexity index is 276. The predicted octanol–water partition coefficient (Wildman–Crippen LogP) is 0.520. The van der Waals surface area contributed by atoms with Crippen molar-refractivity contribution >= 4 is 6.03 Å². The highest BCUT2D eigenvalue weighted by molar-refractivity contribution is 5.74. The van der Waals surface area contributed by atoms with Crippen LogP contribution < -0.4 is 16.0 Å². The number of urea groups is 1. The van der Waals surface area contributed by atoms with Gasteiger partial charge in [0, 0.05) is 24.7 Å². The maximum absolute atomic E-state index is 11.9. The van der Waals surface area contributed by atoms with Gasteiger partial charge < -0.3 is 20.9 Å². The molecule has 104 valence electrons. The first kappa shape index (κ1) is 13.6. The van der Waals surface area contributed by atoms with Crippen molar-refractivity contribution in [1.82, 2.24) is 20.9 Å². The van der Waals surface area contributed by atoms with Gasteiger partial charge in [-0.15, -0.1) is 0 Å². The Balaban J connectivity index is 1.65. The van der Waals surface area contributed by atoms with Gasteiger partial charge in [0.15, 0.2) is 0 Å². The number of likely N-dealkylation sites (tertiary alicyclic amines) is 1. The fraction of sp³-hybridized carbons (Fsp3) is 0.923. The molecule has 0 aromatic carbocycles. The highest BCUT2D eigenvalue weighted by atomic mass is 16.2. The second-order valence-electron chi connectivity index (χ2n) is 5.70. The van der Waals surface area contributed by atoms with E-state index in [-0.39, 0.29) is 6.03 Å². The Kier molecular flexibility index (Phi) is 4.83. The van der Waals surface area contributed by atoms with Crippen LogP contribution in [0.2, 0.25) is 0 Å². The van der Waals surface area contributed by atoms with Crippen molar-refractivity contribution in [2.45, 2.75) is 50.2 Å². The molecule has 1 heterocycles. The molecule has 18 heavy (non-hydrogen) atoms. The third kappa shape index (κ3) is 3.85. The normalized spacial score (nSPS) is 33.3. The number of hydrogen-bond acceptors (Lipinski definition) is 3. The van der Waals surface area contributed by atoms with E-state index < -0.39 is 0 Å². The molecule has 0 aromatic rings. The monoisotopic (exact) mass is 254 g/mol. The average molecular weight is 254 g/mol. The third-order valence-electron chi connectivity index (χ3n) is 4.20. The minimum Gasteiger partial charge on any atom is -0.335 e. The van der Waals surface area contributed by atoms with Crippen LogP contribution in [-0.4, -0.2) is 56.2 Å². The molecular weight excluding hydrogens is 228 g/mol. The Morgan fingerprint density at radius 1 is 1.00 bits per heavy atom. The number of nitrogens with zero attached hydrogens (tertiary/aromatic N) is 1. The number of carbonyl (C=O) groups excluding carboxylic acids is 1. The largest absolute Gasteiger partial charge is 0.335 e. The van der Waals surface area contributed by atoms with Crippen molar-refractivity contribution in [1.29, 1.82) is 0 Å². The molecule has 1 saturated heterocycles. The fourth-order valence-corrected chi connectivity index (χ4v) is 2.99. The highest BCUT2D eigenvalue weighted by Gasteiger charge is 2.24. The van der Waals surface area contributed by atoms with Crippen molar-refractivity contribution in [2.24, 2.45) is 0 Å². The summed E-state index contributed by atoms with van der Waals surface area (Å²) in [6, 6.07) is 1.33. The minimum atomic E-state index is 0.0169. The van der Waals surface area contributed by atoms with Gasteiger partial charge in [0.2, 0.25) is 0 Å². The zero-order chi connectivity index (χ0) is 13.0. The lowest BCUT2D eigenvalue weighted by Gasteiger charge is -2.29. The van der Waals surface area contributed by atoms with Crippen LogP contribution in [0, 0.1) is 0 Å². The van der Waals surface area contributed by atoms with Gasteiger partial charge in [-0.25, -0.2) is 4.79 Å². The van der Waals surface area contributed by atoms with Gasteiger partial charge in [0.25, 0.3) is 0 Å². The van der Waals surface area contributed by atoms with E-state index in [1.165, 1.54) is 0 Å². The number of amides is 2. The van der Waals surface area contributed by atoms with Gasteiger partial charge in [-0.05, 0) is 52.7 Å². The van der Waals surface area contributed by atoms with Crippen LogP contribution in [0.4, 0.5) is 4.79 Å². The van der Waals surface area contributed by atoms with Crippen LogP contribution in [0.1, 0.15) is 32.1 Å². The van der Waals surface area contributed by atoms with Gasteiger partial charge >= 0.3 is 6.03 Å². The van der Waals surface area contributed by atoms with E-state index in [4.69, 9.17) is 0 Å². The summed E-state index contributed by atoms with van der Waals surface area (Å²) in [7, 11) is 4.11. The van der Waals surface area contributed by atoms with Gasteiger partial charge in [0.1, 0.15) is 0 Å². The van der Waals surface area contributed by atoms with Crippen LogP contribution >= 0.6 is 0 Å². The molecule has 2 amide bonds. The average Bonchev–Trinajstić information content (AvgIpc) is 2.75. The molecule has 0 bridgehead atoms. The molecule has 0 unspecified atom stereocenters. The second-order valence-corrected chi connectivity index (χ2v) is 5.70. The molecule has 1 aliphatic heterocycles. The van der Waals surface area contributed by atoms with Crippen molar-refractivity contribution in [3.8, 4) is 0 Å². The van der Waals surface area contributed by atoms with E-state index in [9.17, 15) is 4.79 Å². The first-order valence-electron chi connectivity index (χ1n) is 7.10. The second kappa shape index (κ2) is 6.38. The van der Waals surface area contributed by atoms with E-state index in [0.29, 0.717) is 18.1 Å². The van der Waals surface area contributed by atoms with Crippen molar-refractivity contribution in [3.63, 3.8) is 0 Å². The summed E-state index contributed by atoms with van der Waals surface area (Å²) in [5.41, 5.74) is 0. The summed E-state index contributed by atoms with van der Waals surface area (Å²) < 4.78 is 0. The molecule has 1 aliphatic carbocycles. The molecule has 5 heteroatoms. The lowest BCUT2D eigenvalue weighted by Crippen LogP contribution is -2.48. The standard InChI is InChI=1S/C13H26N4O/c1-14-10-3-5-11(6-4-10)15-13(18)16-12-7-8-17(2)9-12/h10-12,14H,3-9H2,1-2H3,(H2,15,16,18)/t10-,11-,12-/m0/s1. The summed E-state index contributed by atoms with van der Waals surface area (Å²) in [5, 5.41) is 9.49. The van der Waals surface area contributed by atoms with E-state index in [1.807, 2.05) is 7.05 Å². The molecule has 0 aromatic heterocycles. The maximum Gasteiger partial charge on any atom is 0.315 e. The zero-order valence-electron chi connectivity index (χ0n) is 11.5. The maximum atomic E-state index is 11.9. The van der Waals surface area contributed by atoms with Crippen molar-refractivity contribution < 1.29 is 4.79 Å². The fourth-order valence-electron chi connectivity index (χ4n) is 2.99. The SMILES string of the molecule is CN[C@H]1CC[C@H](NC(=O)N[C@H]2CCN(C)C2)CC1. The van der Waals surface area contributed by atoms with Gasteiger partial charge in [-0.2, -0.15) is 0 Å². The number of carbonyl (C=O) groups is 1. The first-order valence-corrected chi connectivity index (χ1v) is 7.10. The number of likely N-dealkylation sites (N-methyl/N-ethyl adjacent to an activating group) is 1. The molecule has 0 radical (unpaired) electrons. The van der Waals surface area contributed by atoms with Crippen LogP contribution in [0.5, 0.6) is 0 Å². The molecule has 5 nitrogen and oxygen atoms in total. The Morgan fingerprint density at radius 2 is 1.61 bits per heavy atom. The zero-order valence-corrected chi connectivity index (χ0v) is 11.5. The summed E-state index contributed by atoms with van der Waals surface area (Å²) in [6.07, 6.45) is 5.56. The van der Waals surface area contributed by atoms with Crippen molar-refractivity contribution in [3.05, 3.63) is 0 Å². The lowest BCUT2D eigenvalue weighted by atomic mass is 9.91. The molecule has 1 saturated carbocycles. The smallest absolute Gasteiger partial charge is 0.315 e. The highest BCUT2D eigenvalue weighted by Crippen LogP contribution is 2.18. The summed E-state index contributed by atoms with van der Waals surface area (Å²) in [6.45, 7) is 2.05. The Labute approximate surface area is 110 Å². The lowest BCUT2D eigenvalue weighted by molar-refractivity contribution is 0.226. The van der Waals surface area contributed by atoms with Gasteiger partial charge in [-0.1, -0.05) is 0 Å². The molecular formula is C13H26N4O. The molecule has 2 aliphatic rings. The summed E-state index contributed by atoms with van der Waals surface area (Å²) in [4.78, 5) is 14.1. The quantitative estimate of drug-likeness (QED) is 0.688. The van der Waals surface area contributed by atoms with Gasteiger partial charge in [0.05, 0.1) is 0 Å². The topological polar surface area (TPSA) is 56.4 Å². The molecule has 0 spiro atoms. The molecule has 3 N–H and O–H groups in total. The van der Waals surface area contributed by atoms with E-state index in [2.05, 4.69) is 27.9 Å². The Hall–Kier alpha value is -0.810. The molecule has 2 rings (SSSR count). The van der Waals surface area contributed by atoms with Crippen LogP contribution in [0.25, 0.3) is 0 Å². The number of rotatable bonds is 3. The van der Waals surface area contributed by atoms with Crippen LogP contribution in [-0.2, 0) is 0 Å². The van der Waals surface area contributed by atoms with E-state index >= 15 is 0 Å². The molecule has 2 fully saturated rings. The van der Waals surface area contributed by atoms with Crippen LogP contribution in [0.15, 0.2) is 0 Å². The molecule has 1 atom stereocenters. The Morgan fingerprint density at radius 3 is 2.17 bits per heavy atom. The third-order valence-corrected chi connectivity index (χ3v) is 4.20. The van der Waals surface area contributed by atoms with Gasteiger partial charge in [-0.3, -0.25) is 0 Å². The van der Waals surface area contributed by atoms with E-state index in [1.54, 1.807) is 0 Å². The number of hydrogen-bond donors (Lipinski definition) is 3. The van der Waals surface area contributed by atoms with Crippen molar-refractivity contribution in [2.75, 3.05) is 27.2 Å². The van der Waals surface area contributed by atoms with E-state index in [0.717, 1.165) is 45.2 Å². The number of nitrogens with one attached hydrogen (secondary N) is 3. The predicted molar refractivity (Wildman–Crippen MR) is 72.7 cm³/mol.